The first kappa shape index (κ1) is 24.6. The molecule has 0 aliphatic rings. The van der Waals surface area contributed by atoms with Crippen molar-refractivity contribution >= 4 is 41.5 Å². The first-order valence-corrected chi connectivity index (χ1v) is 8.57. The highest BCUT2D eigenvalue weighted by Crippen LogP contribution is 2.10. The number of nitrogens with zero attached hydrogens (tertiary/aromatic N) is 1. The van der Waals surface area contributed by atoms with Gasteiger partial charge in [-0.3, -0.25) is 9.79 Å². The van der Waals surface area contributed by atoms with Gasteiger partial charge in [-0.15, -0.1) is 24.0 Å². The number of carbonyl (C=O) groups excluding carboxylic acids is 1. The Morgan fingerprint density at radius 2 is 2.04 bits per heavy atom. The van der Waals surface area contributed by atoms with E-state index in [0.29, 0.717) is 30.7 Å². The molecule has 0 radical (unpaired) electrons. The van der Waals surface area contributed by atoms with Crippen LogP contribution in [-0.4, -0.2) is 44.7 Å². The lowest BCUT2D eigenvalue weighted by molar-refractivity contribution is -0.115. The Bertz CT molecular complexity index is 570. The molecule has 0 spiro atoms. The van der Waals surface area contributed by atoms with Gasteiger partial charge in [-0.1, -0.05) is 19.9 Å². The molecule has 0 aliphatic carbocycles. The average molecular weight is 480 g/mol. The van der Waals surface area contributed by atoms with Crippen LogP contribution in [0.15, 0.2) is 29.3 Å². The molecule has 0 fully saturated rings. The fourth-order valence-electron chi connectivity index (χ4n) is 2.31. The highest BCUT2D eigenvalue weighted by atomic mass is 127. The smallest absolute Gasteiger partial charge is 0.243 e. The van der Waals surface area contributed by atoms with Crippen LogP contribution in [0.3, 0.4) is 0 Å². The summed E-state index contributed by atoms with van der Waals surface area (Å²) < 4.78 is 18.8. The molecule has 1 amide bonds. The zero-order chi connectivity index (χ0) is 18.7. The van der Waals surface area contributed by atoms with Crippen molar-refractivity contribution in [2.45, 2.75) is 33.3 Å². The zero-order valence-electron chi connectivity index (χ0n) is 15.8. The summed E-state index contributed by atoms with van der Waals surface area (Å²) in [6, 6.07) is 5.77. The van der Waals surface area contributed by atoms with Crippen LogP contribution in [0.1, 0.15) is 27.2 Å². The van der Waals surface area contributed by atoms with Gasteiger partial charge in [-0.05, 0) is 37.5 Å². The third kappa shape index (κ3) is 9.91. The Morgan fingerprint density at radius 1 is 1.31 bits per heavy atom. The molecule has 0 saturated carbocycles. The Morgan fingerprint density at radius 3 is 2.62 bits per heavy atom. The van der Waals surface area contributed by atoms with Crippen LogP contribution in [0.4, 0.5) is 10.1 Å². The van der Waals surface area contributed by atoms with Gasteiger partial charge in [0.05, 0.1) is 12.6 Å². The molecule has 26 heavy (non-hydrogen) atoms. The monoisotopic (exact) mass is 480 g/mol. The van der Waals surface area contributed by atoms with E-state index in [1.807, 2.05) is 6.92 Å². The Balaban J connectivity index is 0.00000625. The summed E-state index contributed by atoms with van der Waals surface area (Å²) in [5.41, 5.74) is 0.422. The second kappa shape index (κ2) is 13.7. The van der Waals surface area contributed by atoms with Crippen molar-refractivity contribution in [3.05, 3.63) is 30.1 Å². The molecule has 0 aliphatic heterocycles. The standard InChI is InChI=1S/C18H29FN4O2.HI/c1-5-25-16(13(2)3)9-10-21-18(20-4)22-12-17(24)23-15-8-6-7-14(19)11-15;/h6-8,11,13,16H,5,9-10,12H2,1-4H3,(H,23,24)(H2,20,21,22);1H. The zero-order valence-corrected chi connectivity index (χ0v) is 18.2. The maximum atomic E-state index is 13.1. The summed E-state index contributed by atoms with van der Waals surface area (Å²) in [5, 5.41) is 8.72. The maximum absolute atomic E-state index is 13.1. The van der Waals surface area contributed by atoms with E-state index in [9.17, 15) is 9.18 Å². The number of benzene rings is 1. The van der Waals surface area contributed by atoms with Crippen LogP contribution in [0, 0.1) is 11.7 Å². The minimum absolute atomic E-state index is 0. The molecule has 3 N–H and O–H groups in total. The SMILES string of the molecule is CCOC(CCNC(=NC)NCC(=O)Nc1cccc(F)c1)C(C)C.I. The highest BCUT2D eigenvalue weighted by Gasteiger charge is 2.13. The minimum atomic E-state index is -0.391. The second-order valence-electron chi connectivity index (χ2n) is 5.94. The molecule has 1 aromatic carbocycles. The number of aliphatic imine (C=N–C) groups is 1. The largest absolute Gasteiger partial charge is 0.378 e. The summed E-state index contributed by atoms with van der Waals surface area (Å²) in [6.45, 7) is 7.66. The van der Waals surface area contributed by atoms with Crippen molar-refractivity contribution in [3.63, 3.8) is 0 Å². The van der Waals surface area contributed by atoms with Crippen molar-refractivity contribution in [2.24, 2.45) is 10.9 Å². The number of nitrogens with one attached hydrogen (secondary N) is 3. The molecule has 6 nitrogen and oxygen atoms in total. The Labute approximate surface area is 172 Å². The summed E-state index contributed by atoms with van der Waals surface area (Å²) in [6.07, 6.45) is 1.04. The van der Waals surface area contributed by atoms with E-state index in [-0.39, 0.29) is 42.5 Å². The summed E-state index contributed by atoms with van der Waals surface area (Å²) in [4.78, 5) is 16.0. The van der Waals surface area contributed by atoms with Crippen LogP contribution in [0.25, 0.3) is 0 Å². The Hall–Kier alpha value is -1.42. The fourth-order valence-corrected chi connectivity index (χ4v) is 2.31. The predicted octanol–water partition coefficient (Wildman–Crippen LogP) is 3.00. The van der Waals surface area contributed by atoms with Crippen LogP contribution >= 0.6 is 24.0 Å². The van der Waals surface area contributed by atoms with Crippen LogP contribution < -0.4 is 16.0 Å². The van der Waals surface area contributed by atoms with Gasteiger partial charge in [0, 0.05) is 25.9 Å². The number of amides is 1. The highest BCUT2D eigenvalue weighted by molar-refractivity contribution is 14.0. The predicted molar refractivity (Wildman–Crippen MR) is 115 cm³/mol. The summed E-state index contributed by atoms with van der Waals surface area (Å²) in [7, 11) is 1.64. The molecular weight excluding hydrogens is 450 g/mol. The minimum Gasteiger partial charge on any atom is -0.378 e. The van der Waals surface area contributed by atoms with Crippen molar-refractivity contribution in [1.29, 1.82) is 0 Å². The number of hydrogen-bond acceptors (Lipinski definition) is 3. The number of guanidine groups is 1. The molecule has 0 bridgehead atoms. The van der Waals surface area contributed by atoms with E-state index >= 15 is 0 Å². The molecule has 1 unspecified atom stereocenters. The average Bonchev–Trinajstić information content (AvgIpc) is 2.56. The molecule has 0 aromatic heterocycles. The number of carbonyl (C=O) groups is 1. The van der Waals surface area contributed by atoms with E-state index < -0.39 is 5.82 Å². The van der Waals surface area contributed by atoms with E-state index in [1.165, 1.54) is 12.1 Å². The number of halogens is 2. The first-order chi connectivity index (χ1) is 12.0. The van der Waals surface area contributed by atoms with Gasteiger partial charge in [0.25, 0.3) is 0 Å². The second-order valence-corrected chi connectivity index (χ2v) is 5.94. The molecule has 1 atom stereocenters. The van der Waals surface area contributed by atoms with Crippen molar-refractivity contribution in [3.8, 4) is 0 Å². The van der Waals surface area contributed by atoms with Crippen LogP contribution in [0.5, 0.6) is 0 Å². The quantitative estimate of drug-likeness (QED) is 0.289. The van der Waals surface area contributed by atoms with Gasteiger partial charge >= 0.3 is 0 Å². The van der Waals surface area contributed by atoms with E-state index in [4.69, 9.17) is 4.74 Å². The van der Waals surface area contributed by atoms with Gasteiger partial charge in [-0.2, -0.15) is 0 Å². The van der Waals surface area contributed by atoms with Crippen molar-refractivity contribution < 1.29 is 13.9 Å². The van der Waals surface area contributed by atoms with Crippen molar-refractivity contribution in [1.82, 2.24) is 10.6 Å². The first-order valence-electron chi connectivity index (χ1n) is 8.57. The lowest BCUT2D eigenvalue weighted by Crippen LogP contribution is -2.42. The normalized spacial score (nSPS) is 12.3. The fraction of sp³-hybridized carbons (Fsp3) is 0.556. The topological polar surface area (TPSA) is 74.8 Å². The molecule has 1 rings (SSSR count). The van der Waals surface area contributed by atoms with Crippen molar-refractivity contribution in [2.75, 3.05) is 32.1 Å². The third-order valence-corrected chi connectivity index (χ3v) is 3.59. The summed E-state index contributed by atoms with van der Waals surface area (Å²) >= 11 is 0. The van der Waals surface area contributed by atoms with E-state index in [1.54, 1.807) is 19.2 Å². The van der Waals surface area contributed by atoms with Gasteiger partial charge < -0.3 is 20.7 Å². The van der Waals surface area contributed by atoms with E-state index in [2.05, 4.69) is 34.8 Å². The molecule has 8 heteroatoms. The van der Waals surface area contributed by atoms with Gasteiger partial charge in [-0.25, -0.2) is 4.39 Å². The number of rotatable bonds is 9. The molecule has 0 saturated heterocycles. The van der Waals surface area contributed by atoms with Gasteiger partial charge in [0.2, 0.25) is 5.91 Å². The summed E-state index contributed by atoms with van der Waals surface area (Å²) in [5.74, 6) is 0.308. The lowest BCUT2D eigenvalue weighted by atomic mass is 10.0. The van der Waals surface area contributed by atoms with Crippen LogP contribution in [-0.2, 0) is 9.53 Å². The molecule has 148 valence electrons. The Kier molecular flexibility index (Phi) is 13.0. The maximum Gasteiger partial charge on any atom is 0.243 e. The van der Waals surface area contributed by atoms with Gasteiger partial charge in [0.15, 0.2) is 5.96 Å². The van der Waals surface area contributed by atoms with E-state index in [0.717, 1.165) is 6.42 Å². The number of ether oxygens (including phenoxy) is 1. The third-order valence-electron chi connectivity index (χ3n) is 3.59. The van der Waals surface area contributed by atoms with Crippen LogP contribution in [0.2, 0.25) is 0 Å². The molecule has 0 heterocycles. The molecular formula is C18H30FIN4O2. The lowest BCUT2D eigenvalue weighted by Gasteiger charge is -2.21. The number of hydrogen-bond donors (Lipinski definition) is 3. The van der Waals surface area contributed by atoms with Gasteiger partial charge in [0.1, 0.15) is 5.82 Å². The number of anilines is 1. The molecule has 1 aromatic rings.